The van der Waals surface area contributed by atoms with E-state index in [0.29, 0.717) is 0 Å². The molecule has 8 rings (SSSR count). The van der Waals surface area contributed by atoms with Gasteiger partial charge in [-0.15, -0.1) is 0 Å². The van der Waals surface area contributed by atoms with Gasteiger partial charge in [0.25, 0.3) is 0 Å². The molecule has 0 aliphatic carbocycles. The van der Waals surface area contributed by atoms with Crippen molar-refractivity contribution in [2.24, 2.45) is 9.98 Å². The van der Waals surface area contributed by atoms with E-state index >= 15 is 0 Å². The van der Waals surface area contributed by atoms with Crippen molar-refractivity contribution < 1.29 is 0 Å². The van der Waals surface area contributed by atoms with Gasteiger partial charge in [-0.05, 0) is 41.1 Å². The molecule has 1 aliphatic heterocycles. The van der Waals surface area contributed by atoms with Crippen LogP contribution < -0.4 is 5.32 Å². The Labute approximate surface area is 237 Å². The van der Waals surface area contributed by atoms with Crippen LogP contribution in [-0.4, -0.2) is 21.2 Å². The summed E-state index contributed by atoms with van der Waals surface area (Å²) in [4.78, 5) is 15.0. The molecule has 41 heavy (non-hydrogen) atoms. The molecule has 5 heteroatoms. The van der Waals surface area contributed by atoms with Crippen molar-refractivity contribution >= 4 is 44.2 Å². The fourth-order valence-corrected chi connectivity index (χ4v) is 5.67. The van der Waals surface area contributed by atoms with E-state index in [1.165, 1.54) is 21.5 Å². The highest BCUT2D eigenvalue weighted by molar-refractivity contribution is 6.16. The number of fused-ring (bicyclic) bond motifs is 4. The van der Waals surface area contributed by atoms with Crippen LogP contribution in [-0.2, 0) is 0 Å². The Bertz CT molecular complexity index is 2050. The normalized spacial score (nSPS) is 13.8. The van der Waals surface area contributed by atoms with E-state index in [1.54, 1.807) is 0 Å². The number of nitrogens with zero attached hydrogens (tertiary/aromatic N) is 4. The number of aliphatic imine (C=N–C) groups is 2. The zero-order chi connectivity index (χ0) is 27.2. The lowest BCUT2D eigenvalue weighted by Gasteiger charge is -2.22. The maximum atomic E-state index is 5.00. The van der Waals surface area contributed by atoms with Gasteiger partial charge in [0, 0.05) is 33.7 Å². The minimum atomic E-state index is -0.412. The maximum Gasteiger partial charge on any atom is 0.171 e. The SMILES string of the molecule is c1ccc(C2=NC(c3ccc(-n4c5ccccc5c5cc6ccccc6cc54)nc3)N=C(c3ccccc3)N2)cc1. The first kappa shape index (κ1) is 23.3. The highest BCUT2D eigenvalue weighted by Gasteiger charge is 2.21. The minimum Gasteiger partial charge on any atom is -0.324 e. The van der Waals surface area contributed by atoms with Gasteiger partial charge in [-0.1, -0.05) is 103 Å². The second kappa shape index (κ2) is 9.57. The average Bonchev–Trinajstić information content (AvgIpc) is 3.37. The molecule has 0 bridgehead atoms. The van der Waals surface area contributed by atoms with Crippen molar-refractivity contribution in [3.63, 3.8) is 0 Å². The van der Waals surface area contributed by atoms with Gasteiger partial charge in [-0.2, -0.15) is 0 Å². The van der Waals surface area contributed by atoms with Crippen LogP contribution in [0.2, 0.25) is 0 Å². The summed E-state index contributed by atoms with van der Waals surface area (Å²) < 4.78 is 2.25. The number of pyridine rings is 1. The number of para-hydroxylation sites is 1. The minimum absolute atomic E-state index is 0.412. The Morgan fingerprint density at radius 1 is 0.537 bits per heavy atom. The van der Waals surface area contributed by atoms with Gasteiger partial charge in [0.1, 0.15) is 17.5 Å². The van der Waals surface area contributed by atoms with Crippen molar-refractivity contribution in [1.29, 1.82) is 0 Å². The molecule has 0 fully saturated rings. The van der Waals surface area contributed by atoms with Gasteiger partial charge in [-0.3, -0.25) is 4.57 Å². The van der Waals surface area contributed by atoms with Gasteiger partial charge in [-0.25, -0.2) is 15.0 Å². The van der Waals surface area contributed by atoms with Gasteiger partial charge in [0.15, 0.2) is 6.17 Å². The van der Waals surface area contributed by atoms with E-state index < -0.39 is 6.17 Å². The van der Waals surface area contributed by atoms with Crippen molar-refractivity contribution in [1.82, 2.24) is 14.9 Å². The van der Waals surface area contributed by atoms with E-state index in [0.717, 1.165) is 45.2 Å². The van der Waals surface area contributed by atoms with Crippen molar-refractivity contribution in [2.75, 3.05) is 0 Å². The lowest BCUT2D eigenvalue weighted by molar-refractivity contribution is 0.750. The molecule has 0 atom stereocenters. The summed E-state index contributed by atoms with van der Waals surface area (Å²) in [5.41, 5.74) is 5.24. The standard InChI is InChI=1S/C36H25N5/c1-3-11-24(12-4-1)34-38-35(25-13-5-2-6-14-25)40-36(39-34)28-19-20-33(37-23-28)41-31-18-10-9-17-29(31)30-21-26-15-7-8-16-27(26)22-32(30)41/h1-23,36H,(H,38,39,40). The summed E-state index contributed by atoms with van der Waals surface area (Å²) in [5.74, 6) is 2.45. The molecule has 194 valence electrons. The van der Waals surface area contributed by atoms with Crippen LogP contribution in [0.1, 0.15) is 22.9 Å². The molecule has 0 unspecified atom stereocenters. The molecule has 7 aromatic rings. The Morgan fingerprint density at radius 3 is 1.80 bits per heavy atom. The number of amidine groups is 2. The smallest absolute Gasteiger partial charge is 0.171 e. The van der Waals surface area contributed by atoms with Gasteiger partial charge in [0.05, 0.1) is 11.0 Å². The molecule has 5 aromatic carbocycles. The van der Waals surface area contributed by atoms with Crippen LogP contribution in [0.3, 0.4) is 0 Å². The third-order valence-corrected chi connectivity index (χ3v) is 7.67. The molecule has 3 heterocycles. The van der Waals surface area contributed by atoms with Crippen LogP contribution in [0.4, 0.5) is 0 Å². The lowest BCUT2D eigenvalue weighted by Crippen LogP contribution is -2.36. The first-order valence-electron chi connectivity index (χ1n) is 13.7. The van der Waals surface area contributed by atoms with E-state index in [9.17, 15) is 0 Å². The third kappa shape index (κ3) is 4.07. The molecule has 0 saturated carbocycles. The van der Waals surface area contributed by atoms with Gasteiger partial charge in [0.2, 0.25) is 0 Å². The molecule has 0 amide bonds. The Kier molecular flexibility index (Phi) is 5.45. The van der Waals surface area contributed by atoms with Crippen LogP contribution in [0.15, 0.2) is 150 Å². The highest BCUT2D eigenvalue weighted by Crippen LogP contribution is 2.34. The maximum absolute atomic E-state index is 5.00. The number of hydrogen-bond acceptors (Lipinski definition) is 4. The first-order valence-corrected chi connectivity index (χ1v) is 13.7. The molecule has 1 aliphatic rings. The largest absolute Gasteiger partial charge is 0.324 e. The fraction of sp³-hybridized carbons (Fsp3) is 0.0278. The number of benzene rings is 5. The van der Waals surface area contributed by atoms with Crippen LogP contribution >= 0.6 is 0 Å². The topological polar surface area (TPSA) is 54.6 Å². The zero-order valence-electron chi connectivity index (χ0n) is 22.1. The van der Waals surface area contributed by atoms with Gasteiger partial charge < -0.3 is 5.32 Å². The summed E-state index contributed by atoms with van der Waals surface area (Å²) in [6.07, 6.45) is 1.50. The third-order valence-electron chi connectivity index (χ3n) is 7.67. The van der Waals surface area contributed by atoms with Crippen LogP contribution in [0.5, 0.6) is 0 Å². The number of rotatable bonds is 4. The monoisotopic (exact) mass is 527 g/mol. The summed E-state index contributed by atoms with van der Waals surface area (Å²) in [6, 6.07) is 46.1. The molecule has 0 radical (unpaired) electrons. The second-order valence-electron chi connectivity index (χ2n) is 10.2. The quantitative estimate of drug-likeness (QED) is 0.254. The van der Waals surface area contributed by atoms with Crippen molar-refractivity contribution in [3.05, 3.63) is 156 Å². The van der Waals surface area contributed by atoms with E-state index in [1.807, 2.05) is 42.6 Å². The predicted octanol–water partition coefficient (Wildman–Crippen LogP) is 7.83. The van der Waals surface area contributed by atoms with Crippen molar-refractivity contribution in [3.8, 4) is 5.82 Å². The predicted molar refractivity (Wildman–Crippen MR) is 168 cm³/mol. The Balaban J connectivity index is 1.25. The van der Waals surface area contributed by atoms with E-state index in [-0.39, 0.29) is 0 Å². The fourth-order valence-electron chi connectivity index (χ4n) is 5.67. The highest BCUT2D eigenvalue weighted by atomic mass is 15.2. The molecule has 0 spiro atoms. The summed E-state index contributed by atoms with van der Waals surface area (Å²) >= 11 is 0. The van der Waals surface area contributed by atoms with E-state index in [2.05, 4.69) is 107 Å². The van der Waals surface area contributed by atoms with Crippen LogP contribution in [0.25, 0.3) is 38.4 Å². The van der Waals surface area contributed by atoms with Gasteiger partial charge >= 0.3 is 0 Å². The number of aromatic nitrogens is 2. The summed E-state index contributed by atoms with van der Waals surface area (Å²) in [7, 11) is 0. The lowest BCUT2D eigenvalue weighted by atomic mass is 10.1. The van der Waals surface area contributed by atoms with Crippen molar-refractivity contribution in [2.45, 2.75) is 6.17 Å². The second-order valence-corrected chi connectivity index (χ2v) is 10.2. The molecule has 1 N–H and O–H groups in total. The number of hydrogen-bond donors (Lipinski definition) is 1. The molecule has 5 nitrogen and oxygen atoms in total. The Hall–Kier alpha value is -5.55. The van der Waals surface area contributed by atoms with E-state index in [4.69, 9.17) is 15.0 Å². The van der Waals surface area contributed by atoms with Crippen LogP contribution in [0, 0.1) is 0 Å². The number of nitrogens with one attached hydrogen (secondary N) is 1. The Morgan fingerprint density at radius 2 is 1.15 bits per heavy atom. The average molecular weight is 528 g/mol. The first-order chi connectivity index (χ1) is 20.3. The molecule has 0 saturated heterocycles. The zero-order valence-corrected chi connectivity index (χ0v) is 22.1. The summed E-state index contributed by atoms with van der Waals surface area (Å²) in [5, 5.41) is 8.33. The molecular weight excluding hydrogens is 502 g/mol. The molecule has 2 aromatic heterocycles. The molecular formula is C36H25N5. The summed E-state index contributed by atoms with van der Waals surface area (Å²) in [6.45, 7) is 0.